The van der Waals surface area contributed by atoms with Gasteiger partial charge in [0.2, 0.25) is 0 Å². The van der Waals surface area contributed by atoms with Crippen LogP contribution in [0.25, 0.3) is 0 Å². The fraction of sp³-hybridized carbons (Fsp3) is 0.231. The van der Waals surface area contributed by atoms with Crippen molar-refractivity contribution in [1.29, 1.82) is 0 Å². The molecule has 0 aromatic heterocycles. The predicted octanol–water partition coefficient (Wildman–Crippen LogP) is 4.04. The molecule has 2 N–H and O–H groups in total. The summed E-state index contributed by atoms with van der Waals surface area (Å²) in [6.07, 6.45) is 0. The first kappa shape index (κ1) is 24.6. The minimum Gasteiger partial charge on any atom is -0.496 e. The van der Waals surface area contributed by atoms with E-state index in [1.807, 2.05) is 49.3 Å². The van der Waals surface area contributed by atoms with Crippen LogP contribution in [0.1, 0.15) is 20.7 Å². The molecule has 2 amide bonds. The molecular formula is C26H29N3O5. The lowest BCUT2D eigenvalue weighted by molar-refractivity contribution is 0.0943. The Morgan fingerprint density at radius 1 is 0.824 bits per heavy atom. The van der Waals surface area contributed by atoms with Crippen LogP contribution in [0.2, 0.25) is 0 Å². The van der Waals surface area contributed by atoms with Crippen molar-refractivity contribution < 1.29 is 23.8 Å². The second-order valence-corrected chi connectivity index (χ2v) is 7.68. The molecule has 0 spiro atoms. The number of likely N-dealkylation sites (N-methyl/N-ethyl adjacent to an activating group) is 1. The van der Waals surface area contributed by atoms with Gasteiger partial charge in [0.25, 0.3) is 11.8 Å². The zero-order valence-electron chi connectivity index (χ0n) is 19.8. The average Bonchev–Trinajstić information content (AvgIpc) is 2.84. The smallest absolute Gasteiger partial charge is 0.258 e. The Hall–Kier alpha value is -4.04. The van der Waals surface area contributed by atoms with Gasteiger partial charge in [-0.2, -0.15) is 0 Å². The Morgan fingerprint density at radius 2 is 1.50 bits per heavy atom. The minimum atomic E-state index is -0.353. The lowest BCUT2D eigenvalue weighted by Crippen LogP contribution is -2.32. The highest BCUT2D eigenvalue weighted by molar-refractivity contribution is 6.08. The van der Waals surface area contributed by atoms with E-state index in [9.17, 15) is 9.59 Å². The largest absolute Gasteiger partial charge is 0.496 e. The summed E-state index contributed by atoms with van der Waals surface area (Å²) in [4.78, 5) is 27.7. The number of benzene rings is 3. The molecule has 0 radical (unpaired) electrons. The molecule has 0 fully saturated rings. The molecule has 8 heteroatoms. The van der Waals surface area contributed by atoms with Gasteiger partial charge >= 0.3 is 0 Å². The highest BCUT2D eigenvalue weighted by Crippen LogP contribution is 2.36. The Morgan fingerprint density at radius 3 is 2.12 bits per heavy atom. The maximum Gasteiger partial charge on any atom is 0.258 e. The Balaban J connectivity index is 1.77. The van der Waals surface area contributed by atoms with Crippen LogP contribution in [0.15, 0.2) is 66.7 Å². The quantitative estimate of drug-likeness (QED) is 0.472. The van der Waals surface area contributed by atoms with E-state index in [0.29, 0.717) is 41.6 Å². The van der Waals surface area contributed by atoms with Crippen molar-refractivity contribution in [1.82, 2.24) is 10.2 Å². The number of carbonyl (C=O) groups excluding carboxylic acids is 2. The van der Waals surface area contributed by atoms with Crippen molar-refractivity contribution in [2.45, 2.75) is 0 Å². The van der Waals surface area contributed by atoms with Crippen LogP contribution in [0.5, 0.6) is 23.0 Å². The van der Waals surface area contributed by atoms with Crippen LogP contribution >= 0.6 is 0 Å². The number of para-hydroxylation sites is 1. The molecule has 0 saturated carbocycles. The molecule has 178 valence electrons. The topological polar surface area (TPSA) is 89.1 Å². The van der Waals surface area contributed by atoms with Crippen molar-refractivity contribution in [3.63, 3.8) is 0 Å². The summed E-state index contributed by atoms with van der Waals surface area (Å²) in [6, 6.07) is 19.4. The summed E-state index contributed by atoms with van der Waals surface area (Å²) < 4.78 is 16.6. The van der Waals surface area contributed by atoms with E-state index in [-0.39, 0.29) is 23.1 Å². The van der Waals surface area contributed by atoms with Crippen molar-refractivity contribution in [2.24, 2.45) is 0 Å². The van der Waals surface area contributed by atoms with Crippen LogP contribution in [0.3, 0.4) is 0 Å². The molecule has 3 aromatic carbocycles. The fourth-order valence-electron chi connectivity index (χ4n) is 3.24. The van der Waals surface area contributed by atoms with Crippen LogP contribution < -0.4 is 24.8 Å². The molecule has 8 nitrogen and oxygen atoms in total. The molecule has 0 bridgehead atoms. The minimum absolute atomic E-state index is 0.216. The number of carbonyl (C=O) groups is 2. The lowest BCUT2D eigenvalue weighted by atomic mass is 10.1. The van der Waals surface area contributed by atoms with Gasteiger partial charge in [0.15, 0.2) is 5.75 Å². The van der Waals surface area contributed by atoms with Gasteiger partial charge in [0.05, 0.1) is 19.9 Å². The highest BCUT2D eigenvalue weighted by Gasteiger charge is 2.23. The van der Waals surface area contributed by atoms with Gasteiger partial charge in [-0.05, 0) is 62.6 Å². The molecule has 0 atom stereocenters. The molecule has 34 heavy (non-hydrogen) atoms. The number of anilines is 1. The Kier molecular flexibility index (Phi) is 8.48. The molecule has 0 heterocycles. The molecular weight excluding hydrogens is 434 g/mol. The van der Waals surface area contributed by atoms with Crippen LogP contribution in [0.4, 0.5) is 5.69 Å². The van der Waals surface area contributed by atoms with E-state index in [1.54, 1.807) is 36.4 Å². The number of nitrogens with zero attached hydrogens (tertiary/aromatic N) is 1. The maximum atomic E-state index is 12.9. The highest BCUT2D eigenvalue weighted by atomic mass is 16.5. The third-order valence-corrected chi connectivity index (χ3v) is 4.96. The van der Waals surface area contributed by atoms with E-state index in [4.69, 9.17) is 14.2 Å². The summed E-state index contributed by atoms with van der Waals surface area (Å²) in [5.41, 5.74) is 0.999. The molecule has 0 saturated heterocycles. The second-order valence-electron chi connectivity index (χ2n) is 7.68. The van der Waals surface area contributed by atoms with Crippen LogP contribution in [-0.2, 0) is 0 Å². The average molecular weight is 464 g/mol. The standard InChI is InChI=1S/C26H29N3O5/c1-29(2)17-16-27-26(31)23-22(32-3)15-14-21(24(23)33-4)28-25(30)18-10-12-20(13-11-18)34-19-8-6-5-7-9-19/h5-15H,16-17H2,1-4H3,(H,27,31)(H,28,30). The van der Waals surface area contributed by atoms with Gasteiger partial charge in [-0.15, -0.1) is 0 Å². The molecule has 0 aliphatic rings. The molecule has 0 aliphatic heterocycles. The zero-order chi connectivity index (χ0) is 24.5. The summed E-state index contributed by atoms with van der Waals surface area (Å²) in [5, 5.41) is 5.67. The van der Waals surface area contributed by atoms with E-state index in [1.165, 1.54) is 14.2 Å². The van der Waals surface area contributed by atoms with E-state index in [0.717, 1.165) is 0 Å². The number of amides is 2. The van der Waals surface area contributed by atoms with Crippen molar-refractivity contribution in [3.05, 3.63) is 77.9 Å². The Bertz CT molecular complexity index is 1120. The van der Waals surface area contributed by atoms with Gasteiger partial charge in [-0.3, -0.25) is 9.59 Å². The molecule has 0 unspecified atom stereocenters. The normalized spacial score (nSPS) is 10.5. The first-order chi connectivity index (χ1) is 16.4. The molecule has 3 aromatic rings. The van der Waals surface area contributed by atoms with Crippen molar-refractivity contribution >= 4 is 17.5 Å². The summed E-state index contributed by atoms with van der Waals surface area (Å²) in [6.45, 7) is 1.13. The first-order valence-corrected chi connectivity index (χ1v) is 10.7. The third kappa shape index (κ3) is 6.26. The number of nitrogens with one attached hydrogen (secondary N) is 2. The third-order valence-electron chi connectivity index (χ3n) is 4.96. The van der Waals surface area contributed by atoms with Gasteiger partial charge in [0, 0.05) is 18.7 Å². The number of rotatable bonds is 10. The van der Waals surface area contributed by atoms with E-state index < -0.39 is 0 Å². The summed E-state index contributed by atoms with van der Waals surface area (Å²) >= 11 is 0. The number of hydrogen-bond donors (Lipinski definition) is 2. The summed E-state index contributed by atoms with van der Waals surface area (Å²) in [7, 11) is 6.76. The van der Waals surface area contributed by atoms with Crippen molar-refractivity contribution in [3.8, 4) is 23.0 Å². The van der Waals surface area contributed by atoms with Crippen LogP contribution in [0, 0.1) is 0 Å². The monoisotopic (exact) mass is 463 g/mol. The van der Waals surface area contributed by atoms with Gasteiger partial charge < -0.3 is 29.7 Å². The number of ether oxygens (including phenoxy) is 3. The SMILES string of the molecule is COc1ccc(NC(=O)c2ccc(Oc3ccccc3)cc2)c(OC)c1C(=O)NCCN(C)C. The zero-order valence-corrected chi connectivity index (χ0v) is 19.8. The van der Waals surface area contributed by atoms with E-state index >= 15 is 0 Å². The van der Waals surface area contributed by atoms with Gasteiger partial charge in [0.1, 0.15) is 22.8 Å². The molecule has 3 rings (SSSR count). The Labute approximate surface area is 199 Å². The van der Waals surface area contributed by atoms with Gasteiger partial charge in [-0.1, -0.05) is 18.2 Å². The predicted molar refractivity (Wildman–Crippen MR) is 131 cm³/mol. The van der Waals surface area contributed by atoms with Crippen molar-refractivity contribution in [2.75, 3.05) is 46.7 Å². The summed E-state index contributed by atoms with van der Waals surface area (Å²) in [5.74, 6) is 1.18. The number of methoxy groups -OCH3 is 2. The maximum absolute atomic E-state index is 12.9. The van der Waals surface area contributed by atoms with Gasteiger partial charge in [-0.25, -0.2) is 0 Å². The fourth-order valence-corrected chi connectivity index (χ4v) is 3.24. The second kappa shape index (κ2) is 11.7. The van der Waals surface area contributed by atoms with Crippen LogP contribution in [-0.4, -0.2) is 58.1 Å². The first-order valence-electron chi connectivity index (χ1n) is 10.7. The molecule has 0 aliphatic carbocycles. The lowest BCUT2D eigenvalue weighted by Gasteiger charge is -2.18. The number of hydrogen-bond acceptors (Lipinski definition) is 6. The van der Waals surface area contributed by atoms with E-state index in [2.05, 4.69) is 10.6 Å².